The van der Waals surface area contributed by atoms with Gasteiger partial charge < -0.3 is 15.2 Å². The highest BCUT2D eigenvalue weighted by Gasteiger charge is 2.26. The minimum atomic E-state index is -0.286. The van der Waals surface area contributed by atoms with Crippen molar-refractivity contribution in [3.63, 3.8) is 0 Å². The molecular weight excluding hydrogens is 154 g/mol. The monoisotopic (exact) mass is 175 g/mol. The second-order valence-electron chi connectivity index (χ2n) is 3.50. The molecule has 3 nitrogen and oxygen atoms in total. The number of methoxy groups -OCH3 is 1. The van der Waals surface area contributed by atoms with E-state index >= 15 is 0 Å². The van der Waals surface area contributed by atoms with Crippen LogP contribution < -0.4 is 5.73 Å². The number of hydrogen-bond acceptors (Lipinski definition) is 3. The molecule has 0 aromatic heterocycles. The summed E-state index contributed by atoms with van der Waals surface area (Å²) in [6.45, 7) is 8.02. The number of hydrogen-bond donors (Lipinski definition) is 1. The van der Waals surface area contributed by atoms with Gasteiger partial charge in [-0.1, -0.05) is 6.92 Å². The van der Waals surface area contributed by atoms with Gasteiger partial charge in [-0.2, -0.15) is 0 Å². The number of rotatable bonds is 6. The van der Waals surface area contributed by atoms with Gasteiger partial charge in [-0.3, -0.25) is 0 Å². The largest absolute Gasteiger partial charge is 0.384 e. The Bertz CT molecular complexity index is 115. The van der Waals surface area contributed by atoms with Crippen molar-refractivity contribution < 1.29 is 9.47 Å². The zero-order valence-corrected chi connectivity index (χ0v) is 8.59. The molecule has 2 N–H and O–H groups in total. The van der Waals surface area contributed by atoms with Crippen molar-refractivity contribution in [1.29, 1.82) is 0 Å². The summed E-state index contributed by atoms with van der Waals surface area (Å²) in [5.74, 6) is 0.314. The maximum absolute atomic E-state index is 6.03. The third-order valence-electron chi connectivity index (χ3n) is 2.16. The molecule has 0 heterocycles. The number of nitrogens with two attached hydrogens (primary N) is 1. The van der Waals surface area contributed by atoms with Gasteiger partial charge in [0.1, 0.15) is 0 Å². The third kappa shape index (κ3) is 4.04. The van der Waals surface area contributed by atoms with Crippen LogP contribution in [-0.2, 0) is 9.47 Å². The maximum Gasteiger partial charge on any atom is 0.0646 e. The predicted octanol–water partition coefficient (Wildman–Crippen LogP) is 1.02. The van der Waals surface area contributed by atoms with Crippen LogP contribution in [0, 0.1) is 5.92 Å². The lowest BCUT2D eigenvalue weighted by Gasteiger charge is -2.30. The smallest absolute Gasteiger partial charge is 0.0646 e. The topological polar surface area (TPSA) is 44.5 Å². The first kappa shape index (κ1) is 11.9. The molecule has 0 fully saturated rings. The van der Waals surface area contributed by atoms with Crippen molar-refractivity contribution in [2.24, 2.45) is 11.7 Å². The summed E-state index contributed by atoms with van der Waals surface area (Å²) in [6, 6.07) is 0. The lowest BCUT2D eigenvalue weighted by atomic mass is 9.89. The van der Waals surface area contributed by atoms with Gasteiger partial charge in [0.15, 0.2) is 0 Å². The van der Waals surface area contributed by atoms with Gasteiger partial charge in [-0.05, 0) is 19.8 Å². The molecule has 3 heteroatoms. The molecule has 0 aromatic carbocycles. The van der Waals surface area contributed by atoms with E-state index in [0.29, 0.717) is 25.7 Å². The van der Waals surface area contributed by atoms with Crippen LogP contribution in [0.1, 0.15) is 20.8 Å². The van der Waals surface area contributed by atoms with E-state index in [1.807, 2.05) is 13.8 Å². The molecule has 0 aromatic rings. The molecule has 0 bridgehead atoms. The summed E-state index contributed by atoms with van der Waals surface area (Å²) in [5, 5.41) is 0. The zero-order chi connectivity index (χ0) is 9.61. The van der Waals surface area contributed by atoms with Gasteiger partial charge in [-0.15, -0.1) is 0 Å². The molecule has 0 aliphatic heterocycles. The zero-order valence-electron chi connectivity index (χ0n) is 8.59. The Labute approximate surface area is 75.2 Å². The second-order valence-corrected chi connectivity index (χ2v) is 3.50. The van der Waals surface area contributed by atoms with Crippen LogP contribution >= 0.6 is 0 Å². The Kier molecular flexibility index (Phi) is 5.46. The molecule has 0 saturated carbocycles. The normalized spacial score (nSPS) is 18.8. The quantitative estimate of drug-likeness (QED) is 0.655. The van der Waals surface area contributed by atoms with E-state index in [1.165, 1.54) is 0 Å². The summed E-state index contributed by atoms with van der Waals surface area (Å²) in [4.78, 5) is 0. The first-order valence-corrected chi connectivity index (χ1v) is 4.40. The highest BCUT2D eigenvalue weighted by molar-refractivity contribution is 4.84. The van der Waals surface area contributed by atoms with Crippen LogP contribution in [0.2, 0.25) is 0 Å². The van der Waals surface area contributed by atoms with Gasteiger partial charge >= 0.3 is 0 Å². The molecule has 0 radical (unpaired) electrons. The Hall–Kier alpha value is -0.120. The molecule has 0 rings (SSSR count). The molecule has 0 aliphatic rings. The van der Waals surface area contributed by atoms with Crippen LogP contribution in [0.25, 0.3) is 0 Å². The highest BCUT2D eigenvalue weighted by Crippen LogP contribution is 2.14. The molecule has 0 aliphatic carbocycles. The summed E-state index contributed by atoms with van der Waals surface area (Å²) in [7, 11) is 1.69. The molecule has 0 amide bonds. The van der Waals surface area contributed by atoms with Crippen LogP contribution in [-0.4, -0.2) is 32.5 Å². The SMILES string of the molecule is CCOCC(C)(N)C(C)COC. The molecule has 0 spiro atoms. The van der Waals surface area contributed by atoms with Crippen molar-refractivity contribution in [1.82, 2.24) is 0 Å². The fourth-order valence-corrected chi connectivity index (χ4v) is 0.905. The van der Waals surface area contributed by atoms with Gasteiger partial charge in [0.25, 0.3) is 0 Å². The third-order valence-corrected chi connectivity index (χ3v) is 2.16. The van der Waals surface area contributed by atoms with E-state index < -0.39 is 0 Å². The predicted molar refractivity (Wildman–Crippen MR) is 50.1 cm³/mol. The van der Waals surface area contributed by atoms with E-state index in [0.717, 1.165) is 0 Å². The van der Waals surface area contributed by atoms with E-state index in [9.17, 15) is 0 Å². The molecule has 2 atom stereocenters. The Balaban J connectivity index is 3.81. The first-order valence-electron chi connectivity index (χ1n) is 4.40. The second kappa shape index (κ2) is 5.51. The molecule has 74 valence electrons. The van der Waals surface area contributed by atoms with Crippen molar-refractivity contribution in [3.05, 3.63) is 0 Å². The van der Waals surface area contributed by atoms with Crippen molar-refractivity contribution >= 4 is 0 Å². The van der Waals surface area contributed by atoms with E-state index in [1.54, 1.807) is 7.11 Å². The summed E-state index contributed by atoms with van der Waals surface area (Å²) < 4.78 is 10.3. The molecule has 12 heavy (non-hydrogen) atoms. The highest BCUT2D eigenvalue weighted by atomic mass is 16.5. The maximum atomic E-state index is 6.03. The van der Waals surface area contributed by atoms with E-state index in [-0.39, 0.29) is 5.54 Å². The average molecular weight is 175 g/mol. The van der Waals surface area contributed by atoms with Crippen molar-refractivity contribution in [3.8, 4) is 0 Å². The first-order chi connectivity index (χ1) is 5.54. The number of ether oxygens (including phenoxy) is 2. The van der Waals surface area contributed by atoms with Crippen LogP contribution in [0.4, 0.5) is 0 Å². The van der Waals surface area contributed by atoms with Gasteiger partial charge in [0, 0.05) is 19.3 Å². The Morgan fingerprint density at radius 1 is 1.50 bits per heavy atom. The lowest BCUT2D eigenvalue weighted by molar-refractivity contribution is 0.0483. The summed E-state index contributed by atoms with van der Waals surface area (Å²) >= 11 is 0. The van der Waals surface area contributed by atoms with Crippen molar-refractivity contribution in [2.45, 2.75) is 26.3 Å². The fourth-order valence-electron chi connectivity index (χ4n) is 0.905. The van der Waals surface area contributed by atoms with Crippen LogP contribution in [0.3, 0.4) is 0 Å². The van der Waals surface area contributed by atoms with Gasteiger partial charge in [0.05, 0.1) is 13.2 Å². The minimum absolute atomic E-state index is 0.286. The van der Waals surface area contributed by atoms with Gasteiger partial charge in [0.2, 0.25) is 0 Å². The average Bonchev–Trinajstić information content (AvgIpc) is 2.01. The van der Waals surface area contributed by atoms with Crippen molar-refractivity contribution in [2.75, 3.05) is 26.9 Å². The van der Waals surface area contributed by atoms with Crippen LogP contribution in [0.5, 0.6) is 0 Å². The fraction of sp³-hybridized carbons (Fsp3) is 1.00. The molecule has 0 saturated heterocycles. The molecular formula is C9H21NO2. The Morgan fingerprint density at radius 2 is 2.08 bits per heavy atom. The Morgan fingerprint density at radius 3 is 2.50 bits per heavy atom. The van der Waals surface area contributed by atoms with E-state index in [4.69, 9.17) is 15.2 Å². The standard InChI is InChI=1S/C9H21NO2/c1-5-12-7-9(3,10)8(2)6-11-4/h8H,5-7,10H2,1-4H3. The van der Waals surface area contributed by atoms with E-state index in [2.05, 4.69) is 6.92 Å². The summed E-state index contributed by atoms with van der Waals surface area (Å²) in [5.41, 5.74) is 5.74. The lowest BCUT2D eigenvalue weighted by Crippen LogP contribution is -2.48. The van der Waals surface area contributed by atoms with Crippen LogP contribution in [0.15, 0.2) is 0 Å². The molecule has 2 unspecified atom stereocenters. The minimum Gasteiger partial charge on any atom is -0.384 e. The summed E-state index contributed by atoms with van der Waals surface area (Å²) in [6.07, 6.45) is 0. The van der Waals surface area contributed by atoms with Gasteiger partial charge in [-0.25, -0.2) is 0 Å².